The molecule has 2 heteroatoms. The first kappa shape index (κ1) is 18.9. The van der Waals surface area contributed by atoms with Crippen molar-refractivity contribution >= 4 is 11.6 Å². The molecule has 0 spiro atoms. The molecule has 152 valence electrons. The lowest BCUT2D eigenvalue weighted by Crippen LogP contribution is -2.58. The summed E-state index contributed by atoms with van der Waals surface area (Å²) in [5, 5.41) is 3.40. The van der Waals surface area contributed by atoms with Gasteiger partial charge in [0.1, 0.15) is 0 Å². The van der Waals surface area contributed by atoms with Gasteiger partial charge in [0, 0.05) is 5.69 Å². The van der Waals surface area contributed by atoms with Gasteiger partial charge in [0.25, 0.3) is 0 Å². The SMILES string of the molecule is Cc1ccc(C23CC4CC(CC(C(=O)Nc5c(C)cc(C)cc5C)(C4)C2)C3)cc1. The topological polar surface area (TPSA) is 29.1 Å². The number of carbonyl (C=O) groups is 1. The number of nitrogens with one attached hydrogen (secondary N) is 1. The predicted molar refractivity (Wildman–Crippen MR) is 119 cm³/mol. The first-order valence-corrected chi connectivity index (χ1v) is 11.3. The molecule has 2 unspecified atom stereocenters. The van der Waals surface area contributed by atoms with E-state index >= 15 is 0 Å². The zero-order chi connectivity index (χ0) is 20.4. The monoisotopic (exact) mass is 387 g/mol. The summed E-state index contributed by atoms with van der Waals surface area (Å²) in [6, 6.07) is 13.5. The molecular formula is C27H33NO. The molecule has 2 atom stereocenters. The minimum atomic E-state index is -0.196. The van der Waals surface area contributed by atoms with Crippen LogP contribution in [0.4, 0.5) is 5.69 Å². The second-order valence-corrected chi connectivity index (χ2v) is 10.6. The molecule has 0 aliphatic heterocycles. The van der Waals surface area contributed by atoms with Crippen LogP contribution >= 0.6 is 0 Å². The van der Waals surface area contributed by atoms with Crippen molar-refractivity contribution in [3.05, 3.63) is 64.2 Å². The molecule has 0 aromatic heterocycles. The second kappa shape index (κ2) is 6.45. The molecule has 0 saturated heterocycles. The Morgan fingerprint density at radius 3 is 2.03 bits per heavy atom. The Balaban J connectivity index is 1.49. The minimum Gasteiger partial charge on any atom is -0.325 e. The molecule has 2 aromatic carbocycles. The maximum absolute atomic E-state index is 13.8. The van der Waals surface area contributed by atoms with E-state index in [4.69, 9.17) is 0 Å². The van der Waals surface area contributed by atoms with E-state index in [1.165, 1.54) is 47.1 Å². The number of aryl methyl sites for hydroxylation is 4. The highest BCUT2D eigenvalue weighted by Crippen LogP contribution is 2.66. The van der Waals surface area contributed by atoms with E-state index < -0.39 is 0 Å². The average molecular weight is 388 g/mol. The number of carbonyl (C=O) groups excluding carboxylic acids is 1. The molecule has 0 heterocycles. The summed E-state index contributed by atoms with van der Waals surface area (Å²) < 4.78 is 0. The highest BCUT2D eigenvalue weighted by atomic mass is 16.2. The first-order valence-electron chi connectivity index (χ1n) is 11.3. The number of benzene rings is 2. The molecule has 4 aliphatic carbocycles. The third kappa shape index (κ3) is 3.03. The van der Waals surface area contributed by atoms with Gasteiger partial charge in [0.05, 0.1) is 5.41 Å². The van der Waals surface area contributed by atoms with Crippen molar-refractivity contribution in [2.45, 2.75) is 71.6 Å². The normalized spacial score (nSPS) is 32.4. The van der Waals surface area contributed by atoms with Gasteiger partial charge >= 0.3 is 0 Å². The van der Waals surface area contributed by atoms with Crippen molar-refractivity contribution in [2.24, 2.45) is 17.3 Å². The van der Waals surface area contributed by atoms with Crippen LogP contribution in [0.3, 0.4) is 0 Å². The minimum absolute atomic E-state index is 0.196. The second-order valence-electron chi connectivity index (χ2n) is 10.6. The maximum atomic E-state index is 13.8. The van der Waals surface area contributed by atoms with Gasteiger partial charge in [-0.1, -0.05) is 47.5 Å². The molecule has 4 bridgehead atoms. The van der Waals surface area contributed by atoms with Gasteiger partial charge in [0.15, 0.2) is 0 Å². The summed E-state index contributed by atoms with van der Waals surface area (Å²) in [5.41, 5.74) is 7.42. The highest BCUT2D eigenvalue weighted by molar-refractivity contribution is 5.97. The van der Waals surface area contributed by atoms with Crippen molar-refractivity contribution in [3.8, 4) is 0 Å². The Bertz CT molecular complexity index is 934. The Labute approximate surface area is 175 Å². The lowest BCUT2D eigenvalue weighted by molar-refractivity contribution is -0.143. The van der Waals surface area contributed by atoms with Crippen molar-refractivity contribution in [3.63, 3.8) is 0 Å². The molecule has 2 nitrogen and oxygen atoms in total. The van der Waals surface area contributed by atoms with E-state index in [1.54, 1.807) is 0 Å². The van der Waals surface area contributed by atoms with Crippen LogP contribution in [0.15, 0.2) is 36.4 Å². The number of anilines is 1. The lowest BCUT2D eigenvalue weighted by Gasteiger charge is -2.61. The van der Waals surface area contributed by atoms with Gasteiger partial charge in [-0.2, -0.15) is 0 Å². The Morgan fingerprint density at radius 1 is 0.862 bits per heavy atom. The molecule has 4 aliphatic rings. The molecule has 1 amide bonds. The fraction of sp³-hybridized carbons (Fsp3) is 0.519. The number of hydrogen-bond acceptors (Lipinski definition) is 1. The quantitative estimate of drug-likeness (QED) is 0.649. The van der Waals surface area contributed by atoms with Gasteiger partial charge in [-0.25, -0.2) is 0 Å². The fourth-order valence-electron chi connectivity index (χ4n) is 7.40. The first-order chi connectivity index (χ1) is 13.8. The standard InChI is InChI=1S/C27H33NO/c1-17-5-7-23(8-6-17)26-12-21-11-22(13-26)15-27(14-21,16-26)25(29)28-24-19(3)9-18(2)10-20(24)4/h5-10,21-22H,11-16H2,1-4H3,(H,28,29). The summed E-state index contributed by atoms with van der Waals surface area (Å²) in [6.07, 6.45) is 7.03. The van der Waals surface area contributed by atoms with Crippen LogP contribution < -0.4 is 5.32 Å². The van der Waals surface area contributed by atoms with Crippen molar-refractivity contribution in [2.75, 3.05) is 5.32 Å². The molecular weight excluding hydrogens is 354 g/mol. The summed E-state index contributed by atoms with van der Waals surface area (Å²) in [5.74, 6) is 1.67. The summed E-state index contributed by atoms with van der Waals surface area (Å²) in [4.78, 5) is 13.8. The molecule has 4 fully saturated rings. The average Bonchev–Trinajstić information content (AvgIpc) is 2.63. The number of rotatable bonds is 3. The smallest absolute Gasteiger partial charge is 0.230 e. The van der Waals surface area contributed by atoms with E-state index in [-0.39, 0.29) is 16.7 Å². The third-order valence-corrected chi connectivity index (χ3v) is 8.12. The molecule has 29 heavy (non-hydrogen) atoms. The van der Waals surface area contributed by atoms with Gasteiger partial charge < -0.3 is 5.32 Å². The molecule has 6 rings (SSSR count). The number of amides is 1. The molecule has 4 saturated carbocycles. The Kier molecular flexibility index (Phi) is 4.21. The fourth-order valence-corrected chi connectivity index (χ4v) is 7.40. The maximum Gasteiger partial charge on any atom is 0.230 e. The van der Waals surface area contributed by atoms with Crippen LogP contribution in [0.1, 0.15) is 66.3 Å². The van der Waals surface area contributed by atoms with E-state index in [9.17, 15) is 4.79 Å². The van der Waals surface area contributed by atoms with Crippen LogP contribution in [-0.2, 0) is 10.2 Å². The Morgan fingerprint density at radius 2 is 1.45 bits per heavy atom. The summed E-state index contributed by atoms with van der Waals surface area (Å²) in [7, 11) is 0. The third-order valence-electron chi connectivity index (χ3n) is 8.12. The molecule has 0 radical (unpaired) electrons. The van der Waals surface area contributed by atoms with Gasteiger partial charge in [0.2, 0.25) is 5.91 Å². The van der Waals surface area contributed by atoms with Crippen LogP contribution in [0.2, 0.25) is 0 Å². The highest BCUT2D eigenvalue weighted by Gasteiger charge is 2.60. The zero-order valence-corrected chi connectivity index (χ0v) is 18.3. The number of hydrogen-bond donors (Lipinski definition) is 1. The van der Waals surface area contributed by atoms with Crippen LogP contribution in [0.5, 0.6) is 0 Å². The summed E-state index contributed by atoms with van der Waals surface area (Å²) >= 11 is 0. The van der Waals surface area contributed by atoms with Crippen LogP contribution in [0.25, 0.3) is 0 Å². The molecule has 2 aromatic rings. The summed E-state index contributed by atoms with van der Waals surface area (Å²) in [6.45, 7) is 8.51. The van der Waals surface area contributed by atoms with Gasteiger partial charge in [-0.05, 0) is 100 Å². The van der Waals surface area contributed by atoms with E-state index in [0.29, 0.717) is 11.8 Å². The zero-order valence-electron chi connectivity index (χ0n) is 18.3. The van der Waals surface area contributed by atoms with E-state index in [2.05, 4.69) is 69.4 Å². The van der Waals surface area contributed by atoms with Crippen molar-refractivity contribution in [1.82, 2.24) is 0 Å². The predicted octanol–water partition coefficient (Wildman–Crippen LogP) is 6.40. The van der Waals surface area contributed by atoms with E-state index in [1.807, 2.05) is 0 Å². The van der Waals surface area contributed by atoms with Crippen molar-refractivity contribution < 1.29 is 4.79 Å². The van der Waals surface area contributed by atoms with E-state index in [0.717, 1.165) is 24.9 Å². The van der Waals surface area contributed by atoms with Gasteiger partial charge in [-0.3, -0.25) is 4.79 Å². The van der Waals surface area contributed by atoms with Crippen LogP contribution in [0, 0.1) is 44.9 Å². The van der Waals surface area contributed by atoms with Crippen LogP contribution in [-0.4, -0.2) is 5.91 Å². The van der Waals surface area contributed by atoms with Crippen molar-refractivity contribution in [1.29, 1.82) is 0 Å². The molecule has 1 N–H and O–H groups in total. The van der Waals surface area contributed by atoms with Gasteiger partial charge in [-0.15, -0.1) is 0 Å². The lowest BCUT2D eigenvalue weighted by atomic mass is 9.42. The largest absolute Gasteiger partial charge is 0.325 e. The Hall–Kier alpha value is -2.09.